The Morgan fingerprint density at radius 3 is 2.43 bits per heavy atom. The lowest BCUT2D eigenvalue weighted by molar-refractivity contribution is -0.387. The minimum absolute atomic E-state index is 0.0808. The molecule has 0 saturated carbocycles. The molecule has 1 heterocycles. The highest BCUT2D eigenvalue weighted by molar-refractivity contribution is 8.18. The van der Waals surface area contributed by atoms with Gasteiger partial charge in [-0.25, -0.2) is 0 Å². The molecule has 4 rings (SSSR count). The number of rotatable bonds is 7. The first-order chi connectivity index (χ1) is 17.6. The van der Waals surface area contributed by atoms with Gasteiger partial charge >= 0.3 is 0 Å². The van der Waals surface area contributed by atoms with Gasteiger partial charge in [0.25, 0.3) is 16.8 Å². The lowest BCUT2D eigenvalue weighted by atomic mass is 10.1. The van der Waals surface area contributed by atoms with Crippen LogP contribution in [0.5, 0.6) is 0 Å². The normalized spacial score (nSPS) is 14.4. The van der Waals surface area contributed by atoms with Crippen molar-refractivity contribution in [2.24, 2.45) is 0 Å². The molecule has 0 spiro atoms. The van der Waals surface area contributed by atoms with Crippen LogP contribution in [0.2, 0.25) is 5.02 Å². The number of carbonyl (C=O) groups is 3. The third-order valence-corrected chi connectivity index (χ3v) is 7.67. The minimum atomic E-state index is -0.631. The number of hydrogen-bond donors (Lipinski definition) is 1. The van der Waals surface area contributed by atoms with Crippen LogP contribution in [-0.2, 0) is 9.59 Å². The summed E-state index contributed by atoms with van der Waals surface area (Å²) in [5.74, 6) is -1.13. The van der Waals surface area contributed by atoms with Crippen molar-refractivity contribution in [3.63, 3.8) is 0 Å². The fourth-order valence-corrected chi connectivity index (χ4v) is 5.47. The lowest BCUT2D eigenvalue weighted by Gasteiger charge is -2.15. The number of halogens is 1. The summed E-state index contributed by atoms with van der Waals surface area (Å²) in [7, 11) is 0. The highest BCUT2D eigenvalue weighted by atomic mass is 35.5. The van der Waals surface area contributed by atoms with Crippen molar-refractivity contribution in [1.82, 2.24) is 4.90 Å². The average molecular weight is 554 g/mol. The first-order valence-corrected chi connectivity index (χ1v) is 13.0. The number of nitrogens with one attached hydrogen (secondary N) is 1. The van der Waals surface area contributed by atoms with Gasteiger partial charge in [-0.15, -0.1) is 0 Å². The largest absolute Gasteiger partial charge is 0.324 e. The topological polar surface area (TPSA) is 110 Å². The Hall–Kier alpha value is -3.60. The second-order valence-electron chi connectivity index (χ2n) is 8.12. The molecule has 3 aromatic carbocycles. The Morgan fingerprint density at radius 2 is 1.78 bits per heavy atom. The van der Waals surface area contributed by atoms with E-state index in [-0.39, 0.29) is 10.6 Å². The summed E-state index contributed by atoms with van der Waals surface area (Å²) in [4.78, 5) is 51.3. The first kappa shape index (κ1) is 26.5. The number of para-hydroxylation sites is 1. The van der Waals surface area contributed by atoms with Gasteiger partial charge in [0.1, 0.15) is 6.54 Å². The predicted molar refractivity (Wildman–Crippen MR) is 146 cm³/mol. The molecule has 1 aliphatic rings. The number of benzene rings is 3. The number of anilines is 1. The highest BCUT2D eigenvalue weighted by Crippen LogP contribution is 2.37. The molecule has 1 aliphatic heterocycles. The van der Waals surface area contributed by atoms with Crippen molar-refractivity contribution in [1.29, 1.82) is 0 Å². The second kappa shape index (κ2) is 11.2. The summed E-state index contributed by atoms with van der Waals surface area (Å²) < 4.78 is 0. The molecule has 0 bridgehead atoms. The molecule has 11 heteroatoms. The van der Waals surface area contributed by atoms with Crippen molar-refractivity contribution < 1.29 is 19.3 Å². The molecular formula is C26H20ClN3O5S2. The summed E-state index contributed by atoms with van der Waals surface area (Å²) in [6.07, 6.45) is 1.41. The number of aryl methyl sites for hydroxylation is 2. The van der Waals surface area contributed by atoms with Gasteiger partial charge in [0, 0.05) is 21.7 Å². The van der Waals surface area contributed by atoms with E-state index in [0.29, 0.717) is 32.9 Å². The van der Waals surface area contributed by atoms with Gasteiger partial charge in [0.15, 0.2) is 0 Å². The maximum Gasteiger partial charge on any atom is 0.294 e. The Kier molecular flexibility index (Phi) is 8.01. The van der Waals surface area contributed by atoms with E-state index in [9.17, 15) is 24.5 Å². The van der Waals surface area contributed by atoms with Crippen molar-refractivity contribution in [2.75, 3.05) is 11.9 Å². The van der Waals surface area contributed by atoms with Crippen molar-refractivity contribution in [3.05, 3.63) is 97.4 Å². The van der Waals surface area contributed by atoms with Crippen molar-refractivity contribution >= 4 is 69.6 Å². The van der Waals surface area contributed by atoms with E-state index in [0.717, 1.165) is 20.9 Å². The summed E-state index contributed by atoms with van der Waals surface area (Å²) >= 11 is 7.80. The molecule has 0 atom stereocenters. The van der Waals surface area contributed by atoms with Crippen LogP contribution >= 0.6 is 35.1 Å². The van der Waals surface area contributed by atoms with Gasteiger partial charge in [-0.2, -0.15) is 0 Å². The van der Waals surface area contributed by atoms with Gasteiger partial charge in [0.05, 0.1) is 14.7 Å². The summed E-state index contributed by atoms with van der Waals surface area (Å²) in [6, 6.07) is 17.1. The van der Waals surface area contributed by atoms with Crippen molar-refractivity contribution in [3.8, 4) is 0 Å². The van der Waals surface area contributed by atoms with Gasteiger partial charge in [-0.05, 0) is 78.7 Å². The minimum Gasteiger partial charge on any atom is -0.324 e. The molecule has 3 amide bonds. The van der Waals surface area contributed by atoms with Crippen LogP contribution in [0.3, 0.4) is 0 Å². The number of imide groups is 1. The molecule has 0 radical (unpaired) electrons. The van der Waals surface area contributed by atoms with Gasteiger partial charge in [-0.1, -0.05) is 47.6 Å². The smallest absolute Gasteiger partial charge is 0.294 e. The summed E-state index contributed by atoms with van der Waals surface area (Å²) in [6.45, 7) is 3.26. The van der Waals surface area contributed by atoms with Crippen LogP contribution in [0.15, 0.2) is 75.4 Å². The van der Waals surface area contributed by atoms with Crippen molar-refractivity contribution in [2.45, 2.75) is 23.6 Å². The van der Waals surface area contributed by atoms with Gasteiger partial charge in [-0.3, -0.25) is 29.4 Å². The number of nitro benzene ring substituents is 1. The molecule has 1 saturated heterocycles. The molecule has 0 unspecified atom stereocenters. The molecule has 1 N–H and O–H groups in total. The third kappa shape index (κ3) is 6.22. The van der Waals surface area contributed by atoms with E-state index in [1.54, 1.807) is 36.4 Å². The number of nitrogens with zero attached hydrogens (tertiary/aromatic N) is 2. The molecule has 0 aliphatic carbocycles. The van der Waals surface area contributed by atoms with E-state index in [4.69, 9.17) is 11.6 Å². The van der Waals surface area contributed by atoms with Crippen LogP contribution < -0.4 is 5.32 Å². The standard InChI is InChI=1S/C26H20ClN3O5S2/c1-15-4-3-5-16(2)24(15)28-23(31)14-29-25(32)22(37-26(29)33)13-17-6-11-21(20(12-17)30(34)35)36-19-9-7-18(27)8-10-19/h3-13H,14H2,1-2H3,(H,28,31)/b22-13-. The van der Waals surface area contributed by atoms with Crippen LogP contribution in [0, 0.1) is 24.0 Å². The van der Waals surface area contributed by atoms with E-state index in [2.05, 4.69) is 5.32 Å². The molecule has 0 aromatic heterocycles. The Bertz CT molecular complexity index is 1440. The molecule has 3 aromatic rings. The molecule has 8 nitrogen and oxygen atoms in total. The van der Waals surface area contributed by atoms with E-state index in [1.807, 2.05) is 32.0 Å². The number of thioether (sulfide) groups is 1. The molecular weight excluding hydrogens is 534 g/mol. The zero-order chi connectivity index (χ0) is 26.7. The monoisotopic (exact) mass is 553 g/mol. The fourth-order valence-electron chi connectivity index (χ4n) is 3.60. The third-order valence-electron chi connectivity index (χ3n) is 5.44. The number of amides is 3. The molecule has 1 fully saturated rings. The van der Waals surface area contributed by atoms with Crippen LogP contribution in [0.1, 0.15) is 16.7 Å². The van der Waals surface area contributed by atoms with Crippen LogP contribution in [0.4, 0.5) is 16.2 Å². The van der Waals surface area contributed by atoms with Gasteiger partial charge < -0.3 is 5.32 Å². The summed E-state index contributed by atoms with van der Waals surface area (Å²) in [5.41, 5.74) is 2.61. The zero-order valence-corrected chi connectivity index (χ0v) is 22.1. The van der Waals surface area contributed by atoms with E-state index in [1.165, 1.54) is 23.9 Å². The first-order valence-electron chi connectivity index (χ1n) is 11.0. The highest BCUT2D eigenvalue weighted by Gasteiger charge is 2.36. The summed E-state index contributed by atoms with van der Waals surface area (Å²) in [5, 5.41) is 14.5. The predicted octanol–water partition coefficient (Wildman–Crippen LogP) is 6.69. The molecule has 188 valence electrons. The average Bonchev–Trinajstić information content (AvgIpc) is 3.11. The van der Waals surface area contributed by atoms with Gasteiger partial charge in [0.2, 0.25) is 5.91 Å². The number of nitro groups is 1. The quantitative estimate of drug-likeness (QED) is 0.197. The van der Waals surface area contributed by atoms with Crippen LogP contribution in [-0.4, -0.2) is 33.4 Å². The maximum absolute atomic E-state index is 12.9. The van der Waals surface area contributed by atoms with E-state index < -0.39 is 28.5 Å². The zero-order valence-electron chi connectivity index (χ0n) is 19.7. The Balaban J connectivity index is 1.51. The Labute approximate surface area is 226 Å². The fraction of sp³-hybridized carbons (Fsp3) is 0.115. The van der Waals surface area contributed by atoms with Crippen LogP contribution in [0.25, 0.3) is 6.08 Å². The Morgan fingerprint density at radius 1 is 1.11 bits per heavy atom. The lowest BCUT2D eigenvalue weighted by Crippen LogP contribution is -2.36. The van der Waals surface area contributed by atoms with E-state index >= 15 is 0 Å². The SMILES string of the molecule is Cc1cccc(C)c1NC(=O)CN1C(=O)S/C(=C\c2ccc(Sc3ccc(Cl)cc3)c([N+](=O)[O-])c2)C1=O. The second-order valence-corrected chi connectivity index (χ2v) is 10.7. The maximum atomic E-state index is 12.9. The number of hydrogen-bond acceptors (Lipinski definition) is 7. The molecule has 37 heavy (non-hydrogen) atoms. The number of carbonyl (C=O) groups excluding carboxylic acids is 3.